The van der Waals surface area contributed by atoms with Crippen molar-refractivity contribution in [2.75, 3.05) is 13.1 Å². The molecule has 1 fully saturated rings. The minimum Gasteiger partial charge on any atom is -0.334 e. The molecule has 0 aromatic heterocycles. The van der Waals surface area contributed by atoms with E-state index in [1.807, 2.05) is 13.8 Å². The summed E-state index contributed by atoms with van der Waals surface area (Å²) in [5.41, 5.74) is -0.456. The number of amides is 1. The Labute approximate surface area is 124 Å². The third-order valence-electron chi connectivity index (χ3n) is 3.89. The number of nitrogens with zero attached hydrogens (tertiary/aromatic N) is 1. The van der Waals surface area contributed by atoms with Crippen LogP contribution in [-0.4, -0.2) is 36.0 Å². The SMILES string of the molecule is CC(C)N(CC1CCCCN1)C(=O)c1c(F)cccc1F. The first-order valence-corrected chi connectivity index (χ1v) is 7.49. The Kier molecular flexibility index (Phi) is 5.28. The average Bonchev–Trinajstić information content (AvgIpc) is 2.45. The van der Waals surface area contributed by atoms with Gasteiger partial charge in [0, 0.05) is 18.6 Å². The highest BCUT2D eigenvalue weighted by Crippen LogP contribution is 2.18. The maximum atomic E-state index is 13.8. The van der Waals surface area contributed by atoms with Crippen LogP contribution in [0.1, 0.15) is 43.5 Å². The maximum Gasteiger partial charge on any atom is 0.260 e. The summed E-state index contributed by atoms with van der Waals surface area (Å²) in [5, 5.41) is 3.36. The lowest BCUT2D eigenvalue weighted by Crippen LogP contribution is -2.48. The second kappa shape index (κ2) is 6.98. The number of benzene rings is 1. The molecule has 21 heavy (non-hydrogen) atoms. The molecule has 116 valence electrons. The monoisotopic (exact) mass is 296 g/mol. The molecule has 1 aliphatic heterocycles. The number of hydrogen-bond donors (Lipinski definition) is 1. The van der Waals surface area contributed by atoms with Crippen LogP contribution in [0.3, 0.4) is 0 Å². The molecular formula is C16H22F2N2O. The molecule has 5 heteroatoms. The van der Waals surface area contributed by atoms with Crippen LogP contribution in [-0.2, 0) is 0 Å². The van der Waals surface area contributed by atoms with Gasteiger partial charge in [-0.2, -0.15) is 0 Å². The van der Waals surface area contributed by atoms with Crippen molar-refractivity contribution in [1.82, 2.24) is 10.2 Å². The Bertz CT molecular complexity index is 479. The number of halogens is 2. The normalized spacial score (nSPS) is 18.8. The van der Waals surface area contributed by atoms with E-state index in [0.717, 1.165) is 37.9 Å². The maximum absolute atomic E-state index is 13.8. The Morgan fingerprint density at radius 2 is 2.00 bits per heavy atom. The lowest BCUT2D eigenvalue weighted by Gasteiger charge is -2.33. The first kappa shape index (κ1) is 15.9. The standard InChI is InChI=1S/C16H22F2N2O/c1-11(2)20(10-12-6-3-4-9-19-12)16(21)15-13(17)7-5-8-14(15)18/h5,7-8,11-12,19H,3-4,6,9-10H2,1-2H3. The quantitative estimate of drug-likeness (QED) is 0.926. The van der Waals surface area contributed by atoms with Gasteiger partial charge >= 0.3 is 0 Å². The van der Waals surface area contributed by atoms with Crippen molar-refractivity contribution >= 4 is 5.91 Å². The van der Waals surface area contributed by atoms with Gasteiger partial charge in [-0.25, -0.2) is 8.78 Å². The Hall–Kier alpha value is -1.49. The molecule has 0 aliphatic carbocycles. The van der Waals surface area contributed by atoms with E-state index < -0.39 is 23.1 Å². The molecule has 1 atom stereocenters. The number of piperidine rings is 1. The van der Waals surface area contributed by atoms with E-state index >= 15 is 0 Å². The van der Waals surface area contributed by atoms with E-state index in [1.54, 1.807) is 4.90 Å². The largest absolute Gasteiger partial charge is 0.334 e. The molecule has 1 amide bonds. The van der Waals surface area contributed by atoms with Gasteiger partial charge in [-0.1, -0.05) is 12.5 Å². The van der Waals surface area contributed by atoms with Crippen LogP contribution >= 0.6 is 0 Å². The minimum atomic E-state index is -0.803. The third-order valence-corrected chi connectivity index (χ3v) is 3.89. The summed E-state index contributed by atoms with van der Waals surface area (Å²) in [6, 6.07) is 3.59. The molecule has 1 saturated heterocycles. The smallest absolute Gasteiger partial charge is 0.260 e. The number of rotatable bonds is 4. The van der Waals surface area contributed by atoms with Gasteiger partial charge in [-0.15, -0.1) is 0 Å². The van der Waals surface area contributed by atoms with Crippen LogP contribution in [0, 0.1) is 11.6 Å². The van der Waals surface area contributed by atoms with E-state index in [0.29, 0.717) is 6.54 Å². The lowest BCUT2D eigenvalue weighted by atomic mass is 10.0. The van der Waals surface area contributed by atoms with E-state index in [-0.39, 0.29) is 12.1 Å². The zero-order valence-electron chi connectivity index (χ0n) is 12.5. The molecule has 0 spiro atoms. The van der Waals surface area contributed by atoms with Crippen molar-refractivity contribution in [2.24, 2.45) is 0 Å². The second-order valence-corrected chi connectivity index (χ2v) is 5.79. The first-order valence-electron chi connectivity index (χ1n) is 7.49. The van der Waals surface area contributed by atoms with Crippen LogP contribution in [0.4, 0.5) is 8.78 Å². The molecule has 1 aromatic rings. The van der Waals surface area contributed by atoms with Gasteiger partial charge in [-0.05, 0) is 45.4 Å². The Morgan fingerprint density at radius 3 is 2.52 bits per heavy atom. The van der Waals surface area contributed by atoms with Crippen molar-refractivity contribution in [3.05, 3.63) is 35.4 Å². The molecule has 1 aromatic carbocycles. The van der Waals surface area contributed by atoms with Crippen LogP contribution in [0.2, 0.25) is 0 Å². The van der Waals surface area contributed by atoms with E-state index in [9.17, 15) is 13.6 Å². The second-order valence-electron chi connectivity index (χ2n) is 5.79. The molecule has 0 bridgehead atoms. The Morgan fingerprint density at radius 1 is 1.33 bits per heavy atom. The number of carbonyl (C=O) groups is 1. The van der Waals surface area contributed by atoms with Crippen molar-refractivity contribution < 1.29 is 13.6 Å². The predicted octanol–water partition coefficient (Wildman–Crippen LogP) is 2.96. The van der Waals surface area contributed by atoms with Gasteiger partial charge in [0.05, 0.1) is 0 Å². The van der Waals surface area contributed by atoms with Crippen LogP contribution in [0.5, 0.6) is 0 Å². The molecule has 0 saturated carbocycles. The fraction of sp³-hybridized carbons (Fsp3) is 0.562. The van der Waals surface area contributed by atoms with Gasteiger partial charge in [0.25, 0.3) is 5.91 Å². The zero-order valence-corrected chi connectivity index (χ0v) is 12.5. The summed E-state index contributed by atoms with van der Waals surface area (Å²) in [6.07, 6.45) is 3.23. The fourth-order valence-electron chi connectivity index (χ4n) is 2.69. The summed E-state index contributed by atoms with van der Waals surface area (Å²) in [4.78, 5) is 14.1. The lowest BCUT2D eigenvalue weighted by molar-refractivity contribution is 0.0667. The zero-order chi connectivity index (χ0) is 15.4. The van der Waals surface area contributed by atoms with Crippen LogP contribution < -0.4 is 5.32 Å². The fourth-order valence-corrected chi connectivity index (χ4v) is 2.69. The highest BCUT2D eigenvalue weighted by molar-refractivity contribution is 5.95. The third kappa shape index (κ3) is 3.79. The molecule has 0 radical (unpaired) electrons. The number of hydrogen-bond acceptors (Lipinski definition) is 2. The van der Waals surface area contributed by atoms with E-state index in [2.05, 4.69) is 5.32 Å². The summed E-state index contributed by atoms with van der Waals surface area (Å²) >= 11 is 0. The first-order chi connectivity index (χ1) is 10.0. The van der Waals surface area contributed by atoms with Crippen LogP contribution in [0.15, 0.2) is 18.2 Å². The van der Waals surface area contributed by atoms with Crippen molar-refractivity contribution in [3.8, 4) is 0 Å². The molecule has 1 unspecified atom stereocenters. The van der Waals surface area contributed by atoms with Gasteiger partial charge in [0.15, 0.2) is 0 Å². The van der Waals surface area contributed by atoms with Crippen molar-refractivity contribution in [3.63, 3.8) is 0 Å². The van der Waals surface area contributed by atoms with Crippen molar-refractivity contribution in [2.45, 2.75) is 45.2 Å². The van der Waals surface area contributed by atoms with Gasteiger partial charge in [0.2, 0.25) is 0 Å². The molecule has 1 aliphatic rings. The molecule has 1 N–H and O–H groups in total. The summed E-state index contributed by atoms with van der Waals surface area (Å²) in [5.74, 6) is -2.18. The summed E-state index contributed by atoms with van der Waals surface area (Å²) in [7, 11) is 0. The topological polar surface area (TPSA) is 32.3 Å². The van der Waals surface area contributed by atoms with Gasteiger partial charge in [0.1, 0.15) is 17.2 Å². The highest BCUT2D eigenvalue weighted by Gasteiger charge is 2.27. The van der Waals surface area contributed by atoms with Gasteiger partial charge < -0.3 is 10.2 Å². The predicted molar refractivity (Wildman–Crippen MR) is 78.2 cm³/mol. The minimum absolute atomic E-state index is 0.111. The van der Waals surface area contributed by atoms with E-state index in [1.165, 1.54) is 6.07 Å². The number of nitrogens with one attached hydrogen (secondary N) is 1. The van der Waals surface area contributed by atoms with Crippen molar-refractivity contribution in [1.29, 1.82) is 0 Å². The average molecular weight is 296 g/mol. The number of carbonyl (C=O) groups excluding carboxylic acids is 1. The molecule has 2 rings (SSSR count). The molecular weight excluding hydrogens is 274 g/mol. The molecule has 3 nitrogen and oxygen atoms in total. The van der Waals surface area contributed by atoms with E-state index in [4.69, 9.17) is 0 Å². The molecule has 1 heterocycles. The van der Waals surface area contributed by atoms with Crippen LogP contribution in [0.25, 0.3) is 0 Å². The Balaban J connectivity index is 2.19. The summed E-state index contributed by atoms with van der Waals surface area (Å²) in [6.45, 7) is 5.13. The summed E-state index contributed by atoms with van der Waals surface area (Å²) < 4.78 is 27.6. The van der Waals surface area contributed by atoms with Gasteiger partial charge in [-0.3, -0.25) is 4.79 Å². The highest BCUT2D eigenvalue weighted by atomic mass is 19.1.